The number of benzene rings is 4. The number of carbonyl (C=O) groups is 2. The summed E-state index contributed by atoms with van der Waals surface area (Å²) in [6, 6.07) is 41.0. The first-order valence-corrected chi connectivity index (χ1v) is 21.3. The van der Waals surface area contributed by atoms with E-state index >= 15 is 0 Å². The van der Waals surface area contributed by atoms with Crippen LogP contribution in [-0.2, 0) is 14.0 Å². The summed E-state index contributed by atoms with van der Waals surface area (Å²) in [4.78, 5) is 27.6. The minimum atomic E-state index is -2.99. The number of hydrogen-bond acceptors (Lipinski definition) is 4. The highest BCUT2D eigenvalue weighted by molar-refractivity contribution is 7.73. The molecule has 4 aromatic carbocycles. The lowest BCUT2D eigenvalue weighted by Crippen LogP contribution is -2.69. The molecule has 0 saturated heterocycles. The fourth-order valence-electron chi connectivity index (χ4n) is 6.50. The van der Waals surface area contributed by atoms with Crippen LogP contribution in [0.3, 0.4) is 0 Å². The average molecular weight is 725 g/mol. The van der Waals surface area contributed by atoms with Gasteiger partial charge in [-0.05, 0) is 73.2 Å². The van der Waals surface area contributed by atoms with E-state index in [-0.39, 0.29) is 10.9 Å². The maximum absolute atomic E-state index is 14.5. The third-order valence-electron chi connectivity index (χ3n) is 8.98. The van der Waals surface area contributed by atoms with Crippen LogP contribution in [0.25, 0.3) is 0 Å². The highest BCUT2D eigenvalue weighted by Gasteiger charge is 2.52. The van der Waals surface area contributed by atoms with Gasteiger partial charge in [0.15, 0.2) is 0 Å². The summed E-state index contributed by atoms with van der Waals surface area (Å²) in [6.07, 6.45) is -0.390. The molecule has 2 N–H and O–H groups in total. The molecule has 0 aliphatic rings. The third-order valence-corrected chi connectivity index (χ3v) is 16.7. The Morgan fingerprint density at radius 1 is 0.647 bits per heavy atom. The van der Waals surface area contributed by atoms with Crippen molar-refractivity contribution in [3.63, 3.8) is 0 Å². The smallest absolute Gasteiger partial charge is 0.408 e. The average Bonchev–Trinajstić information content (AvgIpc) is 3.07. The van der Waals surface area contributed by atoms with Crippen LogP contribution in [0.5, 0.6) is 0 Å². The molecule has 0 saturated carbocycles. The Bertz CT molecular complexity index is 1610. The van der Waals surface area contributed by atoms with Gasteiger partial charge >= 0.3 is 6.09 Å². The van der Waals surface area contributed by atoms with Crippen molar-refractivity contribution in [1.29, 1.82) is 0 Å². The topological polar surface area (TPSA) is 76.7 Å². The molecule has 0 aliphatic carbocycles. The van der Waals surface area contributed by atoms with E-state index in [1.54, 1.807) is 0 Å². The third kappa shape index (κ3) is 10.4. The van der Waals surface area contributed by atoms with Crippen LogP contribution in [0, 0.1) is 5.41 Å². The molecule has 51 heavy (non-hydrogen) atoms. The number of alkyl carbamates (subject to hydrolysis) is 1. The summed E-state index contributed by atoms with van der Waals surface area (Å²) in [5, 5.41) is 10.9. The van der Waals surface area contributed by atoms with Crippen molar-refractivity contribution >= 4 is 49.2 Å². The van der Waals surface area contributed by atoms with Crippen molar-refractivity contribution in [2.45, 2.75) is 98.1 Å². The van der Waals surface area contributed by atoms with Gasteiger partial charge in [-0.1, -0.05) is 163 Å². The summed E-state index contributed by atoms with van der Waals surface area (Å²) in [7, 11) is -3.89. The monoisotopic (exact) mass is 724 g/mol. The summed E-state index contributed by atoms with van der Waals surface area (Å²) in [5.41, 5.74) is -1.30. The van der Waals surface area contributed by atoms with E-state index < -0.39 is 51.5 Å². The Kier molecular flexibility index (Phi) is 13.1. The van der Waals surface area contributed by atoms with E-state index in [1.807, 2.05) is 65.8 Å². The van der Waals surface area contributed by atoms with Gasteiger partial charge in [0.25, 0.3) is 8.32 Å². The molecule has 0 bridgehead atoms. The first-order valence-electron chi connectivity index (χ1n) is 17.9. The van der Waals surface area contributed by atoms with Gasteiger partial charge in [0.1, 0.15) is 11.6 Å². The van der Waals surface area contributed by atoms with Gasteiger partial charge in [0, 0.05) is 0 Å². The molecule has 6 nitrogen and oxygen atoms in total. The second-order valence-electron chi connectivity index (χ2n) is 16.3. The van der Waals surface area contributed by atoms with Gasteiger partial charge < -0.3 is 19.8 Å². The van der Waals surface area contributed by atoms with Crippen LogP contribution in [0.4, 0.5) is 4.79 Å². The standard InChI is InChI=1S/C43H57N2O4PSi/c1-32(49-51(43(8,9)10,35-27-19-13-20-28-35)36-29-21-14-22-30-36)37(31-50(33-23-15-11-16-24-33)34-25-17-12-18-26-34)44-39(46)38(41(2,3)4)45-40(47)48-42(5,6)7/h11-30,32,37-38H,31H2,1-10H3,(H,44,46)(H,45,47)/t32?,37-,38+/m0/s1. The molecule has 0 aliphatic heterocycles. The quantitative estimate of drug-likeness (QED) is 0.117. The fourth-order valence-corrected chi connectivity index (χ4v) is 13.8. The van der Waals surface area contributed by atoms with Crippen LogP contribution < -0.4 is 31.6 Å². The van der Waals surface area contributed by atoms with Gasteiger partial charge in [0.2, 0.25) is 5.91 Å². The molecule has 2 amide bonds. The first-order chi connectivity index (χ1) is 23.9. The molecule has 3 atom stereocenters. The molecule has 1 unspecified atom stereocenters. The van der Waals surface area contributed by atoms with Crippen molar-refractivity contribution < 1.29 is 18.8 Å². The maximum atomic E-state index is 14.5. The summed E-state index contributed by atoms with van der Waals surface area (Å²) >= 11 is 0. The number of ether oxygens (including phenoxy) is 1. The second-order valence-corrected chi connectivity index (χ2v) is 22.8. The van der Waals surface area contributed by atoms with Gasteiger partial charge in [-0.25, -0.2) is 4.79 Å². The van der Waals surface area contributed by atoms with Crippen molar-refractivity contribution in [3.8, 4) is 0 Å². The molecular weight excluding hydrogens is 668 g/mol. The molecule has 4 rings (SSSR count). The van der Waals surface area contributed by atoms with Crippen LogP contribution in [0.15, 0.2) is 121 Å². The zero-order chi connectivity index (χ0) is 37.5. The van der Waals surface area contributed by atoms with Gasteiger partial charge in [0.05, 0.1) is 12.1 Å². The zero-order valence-electron chi connectivity index (χ0n) is 32.1. The predicted octanol–water partition coefficient (Wildman–Crippen LogP) is 7.51. The highest BCUT2D eigenvalue weighted by atomic mass is 31.1. The van der Waals surface area contributed by atoms with E-state index in [0.717, 1.165) is 0 Å². The fraction of sp³-hybridized carbons (Fsp3) is 0.395. The summed E-state index contributed by atoms with van der Waals surface area (Å²) < 4.78 is 13.2. The molecule has 0 aromatic heterocycles. The molecule has 272 valence electrons. The largest absolute Gasteiger partial charge is 0.444 e. The molecule has 0 spiro atoms. The van der Waals surface area contributed by atoms with E-state index in [2.05, 4.69) is 135 Å². The van der Waals surface area contributed by atoms with Gasteiger partial charge in [-0.2, -0.15) is 0 Å². The Morgan fingerprint density at radius 2 is 1.06 bits per heavy atom. The molecule has 4 aromatic rings. The number of hydrogen-bond donors (Lipinski definition) is 2. The van der Waals surface area contributed by atoms with Crippen molar-refractivity contribution in [3.05, 3.63) is 121 Å². The number of nitrogens with one attached hydrogen (secondary N) is 2. The molecular formula is C43H57N2O4PSi. The van der Waals surface area contributed by atoms with Crippen LogP contribution in [-0.4, -0.2) is 50.3 Å². The minimum Gasteiger partial charge on any atom is -0.444 e. The van der Waals surface area contributed by atoms with Crippen LogP contribution >= 0.6 is 7.92 Å². The Morgan fingerprint density at radius 3 is 1.43 bits per heavy atom. The van der Waals surface area contributed by atoms with E-state index in [0.29, 0.717) is 6.16 Å². The zero-order valence-corrected chi connectivity index (χ0v) is 34.0. The van der Waals surface area contributed by atoms with E-state index in [4.69, 9.17) is 9.16 Å². The number of amides is 2. The first kappa shape index (κ1) is 40.0. The molecule has 0 radical (unpaired) electrons. The number of rotatable bonds is 12. The Labute approximate surface area is 308 Å². The Hall–Kier alpha value is -3.77. The van der Waals surface area contributed by atoms with Crippen molar-refractivity contribution in [2.24, 2.45) is 5.41 Å². The molecule has 0 fully saturated rings. The number of carbonyl (C=O) groups excluding carboxylic acids is 2. The van der Waals surface area contributed by atoms with Crippen LogP contribution in [0.1, 0.15) is 69.2 Å². The van der Waals surface area contributed by atoms with Crippen LogP contribution in [0.2, 0.25) is 5.04 Å². The summed E-state index contributed by atoms with van der Waals surface area (Å²) in [5.74, 6) is -0.271. The van der Waals surface area contributed by atoms with Crippen molar-refractivity contribution in [1.82, 2.24) is 10.6 Å². The van der Waals surface area contributed by atoms with Gasteiger partial charge in [-0.3, -0.25) is 4.79 Å². The van der Waals surface area contributed by atoms with Crippen molar-refractivity contribution in [2.75, 3.05) is 6.16 Å². The lowest BCUT2D eigenvalue weighted by molar-refractivity contribution is -0.126. The lowest BCUT2D eigenvalue weighted by Gasteiger charge is -2.46. The second kappa shape index (κ2) is 16.7. The molecule has 8 heteroatoms. The predicted molar refractivity (Wildman–Crippen MR) is 217 cm³/mol. The van der Waals surface area contributed by atoms with Gasteiger partial charge in [-0.15, -0.1) is 0 Å². The minimum absolute atomic E-state index is 0.256. The maximum Gasteiger partial charge on any atom is 0.408 e. The molecule has 0 heterocycles. The Balaban J connectivity index is 1.84. The normalized spacial score (nSPS) is 14.3. The van der Waals surface area contributed by atoms with E-state index in [1.165, 1.54) is 21.0 Å². The van der Waals surface area contributed by atoms with E-state index in [9.17, 15) is 9.59 Å². The summed E-state index contributed by atoms with van der Waals surface area (Å²) in [6.45, 7) is 20.2. The lowest BCUT2D eigenvalue weighted by atomic mass is 9.86. The highest BCUT2D eigenvalue weighted by Crippen LogP contribution is 2.40. The SMILES string of the molecule is CC(O[Si](c1ccccc1)(c1ccccc1)C(C)(C)C)[C@H](CP(c1ccccc1)c1ccccc1)NC(=O)[C@@H](NC(=O)OC(C)(C)C)C(C)(C)C.